The Labute approximate surface area is 106 Å². The molecule has 1 saturated heterocycles. The number of nitrogens with two attached hydrogens (primary N) is 1. The monoisotopic (exact) mass is 266 g/mol. The van der Waals surface area contributed by atoms with E-state index in [4.69, 9.17) is 11.0 Å². The molecule has 1 atom stereocenters. The SMILES string of the molecule is N#Cc1nc(NC2CCCS(=O)(=O)C2)ccc1N. The van der Waals surface area contributed by atoms with E-state index in [1.165, 1.54) is 0 Å². The summed E-state index contributed by atoms with van der Waals surface area (Å²) in [5.41, 5.74) is 6.04. The Morgan fingerprint density at radius 2 is 2.28 bits per heavy atom. The standard InChI is InChI=1S/C11H14N4O2S/c12-6-10-9(13)3-4-11(15-10)14-8-2-1-5-18(16,17)7-8/h3-4,8H,1-2,5,7,13H2,(H,14,15). The van der Waals surface area contributed by atoms with Crippen molar-refractivity contribution in [3.8, 4) is 6.07 Å². The molecule has 1 aliphatic rings. The minimum Gasteiger partial charge on any atom is -0.396 e. The highest BCUT2D eigenvalue weighted by Crippen LogP contribution is 2.18. The van der Waals surface area contributed by atoms with Gasteiger partial charge in [0.15, 0.2) is 15.5 Å². The van der Waals surface area contributed by atoms with Crippen LogP contribution in [-0.2, 0) is 9.84 Å². The molecule has 3 N–H and O–H groups in total. The average Bonchev–Trinajstić information content (AvgIpc) is 2.30. The molecule has 6 nitrogen and oxygen atoms in total. The van der Waals surface area contributed by atoms with E-state index in [1.54, 1.807) is 12.1 Å². The second-order valence-electron chi connectivity index (χ2n) is 4.34. The van der Waals surface area contributed by atoms with Gasteiger partial charge < -0.3 is 11.1 Å². The van der Waals surface area contributed by atoms with Gasteiger partial charge in [-0.1, -0.05) is 0 Å². The number of hydrogen-bond acceptors (Lipinski definition) is 6. The smallest absolute Gasteiger partial charge is 0.165 e. The fraction of sp³-hybridized carbons (Fsp3) is 0.455. The molecule has 1 aromatic heterocycles. The first kappa shape index (κ1) is 12.6. The van der Waals surface area contributed by atoms with Crippen molar-refractivity contribution >= 4 is 21.3 Å². The third-order valence-electron chi connectivity index (χ3n) is 2.85. The van der Waals surface area contributed by atoms with Crippen LogP contribution in [0.5, 0.6) is 0 Å². The van der Waals surface area contributed by atoms with Crippen molar-refractivity contribution in [2.75, 3.05) is 22.6 Å². The maximum atomic E-state index is 11.5. The summed E-state index contributed by atoms with van der Waals surface area (Å²) in [6.07, 6.45) is 1.44. The van der Waals surface area contributed by atoms with Crippen LogP contribution in [0.1, 0.15) is 18.5 Å². The lowest BCUT2D eigenvalue weighted by Gasteiger charge is -2.23. The molecule has 0 saturated carbocycles. The highest BCUT2D eigenvalue weighted by molar-refractivity contribution is 7.91. The van der Waals surface area contributed by atoms with Gasteiger partial charge in [-0.05, 0) is 25.0 Å². The van der Waals surface area contributed by atoms with Gasteiger partial charge in [-0.3, -0.25) is 0 Å². The van der Waals surface area contributed by atoms with Crippen LogP contribution in [-0.4, -0.2) is 30.9 Å². The molecule has 2 rings (SSSR count). The zero-order chi connectivity index (χ0) is 13.2. The molecule has 1 aromatic rings. The van der Waals surface area contributed by atoms with Crippen LogP contribution in [0.3, 0.4) is 0 Å². The summed E-state index contributed by atoms with van der Waals surface area (Å²) in [5.74, 6) is 0.855. The van der Waals surface area contributed by atoms with E-state index in [1.807, 2.05) is 6.07 Å². The Morgan fingerprint density at radius 1 is 1.50 bits per heavy atom. The molecule has 7 heteroatoms. The molecular formula is C11H14N4O2S. The van der Waals surface area contributed by atoms with Gasteiger partial charge in [-0.2, -0.15) is 5.26 Å². The zero-order valence-electron chi connectivity index (χ0n) is 9.76. The number of nitriles is 1. The molecule has 0 bridgehead atoms. The minimum atomic E-state index is -2.96. The van der Waals surface area contributed by atoms with Gasteiger partial charge in [0, 0.05) is 6.04 Å². The highest BCUT2D eigenvalue weighted by atomic mass is 32.2. The van der Waals surface area contributed by atoms with Crippen molar-refractivity contribution in [1.82, 2.24) is 4.98 Å². The highest BCUT2D eigenvalue weighted by Gasteiger charge is 2.24. The molecule has 0 radical (unpaired) electrons. The fourth-order valence-corrected chi connectivity index (χ4v) is 3.62. The summed E-state index contributed by atoms with van der Waals surface area (Å²) in [4.78, 5) is 4.04. The summed E-state index contributed by atoms with van der Waals surface area (Å²) in [5, 5.41) is 11.9. The van der Waals surface area contributed by atoms with E-state index < -0.39 is 9.84 Å². The number of rotatable bonds is 2. The number of nitrogens with one attached hydrogen (secondary N) is 1. The number of nitrogen functional groups attached to an aromatic ring is 1. The third kappa shape index (κ3) is 2.90. The maximum absolute atomic E-state index is 11.5. The molecule has 0 aromatic carbocycles. The minimum absolute atomic E-state index is 0.112. The Kier molecular flexibility index (Phi) is 3.39. The molecular weight excluding hydrogens is 252 g/mol. The summed E-state index contributed by atoms with van der Waals surface area (Å²) >= 11 is 0. The van der Waals surface area contributed by atoms with Crippen molar-refractivity contribution in [1.29, 1.82) is 5.26 Å². The number of pyridine rings is 1. The molecule has 1 unspecified atom stereocenters. The van der Waals surface area contributed by atoms with Gasteiger partial charge >= 0.3 is 0 Å². The van der Waals surface area contributed by atoms with Crippen LogP contribution in [0.2, 0.25) is 0 Å². The van der Waals surface area contributed by atoms with E-state index in [9.17, 15) is 8.42 Å². The van der Waals surface area contributed by atoms with Crippen molar-refractivity contribution < 1.29 is 8.42 Å². The first-order valence-corrected chi connectivity index (χ1v) is 7.46. The maximum Gasteiger partial charge on any atom is 0.165 e. The van der Waals surface area contributed by atoms with E-state index in [2.05, 4.69) is 10.3 Å². The molecule has 0 amide bonds. The molecule has 96 valence electrons. The molecule has 1 fully saturated rings. The lowest BCUT2D eigenvalue weighted by molar-refractivity contribution is 0.561. The van der Waals surface area contributed by atoms with Crippen LogP contribution in [0.15, 0.2) is 12.1 Å². The van der Waals surface area contributed by atoms with Crippen LogP contribution in [0.25, 0.3) is 0 Å². The van der Waals surface area contributed by atoms with E-state index in [0.717, 1.165) is 6.42 Å². The van der Waals surface area contributed by atoms with Gasteiger partial charge in [-0.15, -0.1) is 0 Å². The second kappa shape index (κ2) is 4.82. The lowest BCUT2D eigenvalue weighted by atomic mass is 10.2. The summed E-state index contributed by atoms with van der Waals surface area (Å²) in [7, 11) is -2.96. The largest absolute Gasteiger partial charge is 0.396 e. The number of hydrogen-bond donors (Lipinski definition) is 2. The van der Waals surface area contributed by atoms with Gasteiger partial charge in [0.2, 0.25) is 0 Å². The number of anilines is 2. The predicted molar refractivity (Wildman–Crippen MR) is 68.7 cm³/mol. The zero-order valence-corrected chi connectivity index (χ0v) is 10.6. The van der Waals surface area contributed by atoms with Crippen molar-refractivity contribution in [3.05, 3.63) is 17.8 Å². The first-order chi connectivity index (χ1) is 8.50. The normalized spacial score (nSPS) is 22.1. The average molecular weight is 266 g/mol. The van der Waals surface area contributed by atoms with E-state index >= 15 is 0 Å². The lowest BCUT2D eigenvalue weighted by Crippen LogP contribution is -2.35. The Balaban J connectivity index is 2.13. The van der Waals surface area contributed by atoms with Crippen LogP contribution in [0.4, 0.5) is 11.5 Å². The van der Waals surface area contributed by atoms with Gasteiger partial charge in [0.05, 0.1) is 17.2 Å². The fourth-order valence-electron chi connectivity index (χ4n) is 1.99. The molecule has 0 spiro atoms. The van der Waals surface area contributed by atoms with Crippen molar-refractivity contribution in [3.63, 3.8) is 0 Å². The van der Waals surface area contributed by atoms with Crippen molar-refractivity contribution in [2.45, 2.75) is 18.9 Å². The number of aromatic nitrogens is 1. The van der Waals surface area contributed by atoms with Crippen LogP contribution < -0.4 is 11.1 Å². The van der Waals surface area contributed by atoms with Gasteiger partial charge in [0.25, 0.3) is 0 Å². The predicted octanol–water partition coefficient (Wildman–Crippen LogP) is 0.525. The Bertz CT molecular complexity index is 592. The summed E-state index contributed by atoms with van der Waals surface area (Å²) < 4.78 is 23.0. The Hall–Kier alpha value is -1.81. The van der Waals surface area contributed by atoms with Gasteiger partial charge in [-0.25, -0.2) is 13.4 Å². The Morgan fingerprint density at radius 3 is 2.94 bits per heavy atom. The third-order valence-corrected chi connectivity index (χ3v) is 4.67. The number of nitrogens with zero attached hydrogens (tertiary/aromatic N) is 2. The summed E-state index contributed by atoms with van der Waals surface area (Å²) in [6, 6.07) is 4.99. The van der Waals surface area contributed by atoms with E-state index in [-0.39, 0.29) is 23.2 Å². The second-order valence-corrected chi connectivity index (χ2v) is 6.57. The topological polar surface area (TPSA) is 109 Å². The quantitative estimate of drug-likeness (QED) is 0.808. The van der Waals surface area contributed by atoms with Crippen LogP contribution >= 0.6 is 0 Å². The molecule has 1 aliphatic heterocycles. The molecule has 18 heavy (non-hydrogen) atoms. The van der Waals surface area contributed by atoms with Gasteiger partial charge in [0.1, 0.15) is 11.9 Å². The molecule has 0 aliphatic carbocycles. The van der Waals surface area contributed by atoms with Crippen LogP contribution in [0, 0.1) is 11.3 Å². The number of sulfone groups is 1. The summed E-state index contributed by atoms with van der Waals surface area (Å²) in [6.45, 7) is 0. The van der Waals surface area contributed by atoms with Crippen molar-refractivity contribution in [2.24, 2.45) is 0 Å². The van der Waals surface area contributed by atoms with E-state index in [0.29, 0.717) is 17.9 Å². The molecule has 2 heterocycles. The first-order valence-electron chi connectivity index (χ1n) is 5.64.